The molecule has 2 aliphatic rings. The number of benzene rings is 2. The van der Waals surface area contributed by atoms with E-state index in [1.54, 1.807) is 0 Å². The van der Waals surface area contributed by atoms with E-state index in [0.29, 0.717) is 18.9 Å². The van der Waals surface area contributed by atoms with Gasteiger partial charge in [0, 0.05) is 30.0 Å². The minimum absolute atomic E-state index is 0.260. The molecular weight excluding hydrogens is 390 g/mol. The van der Waals surface area contributed by atoms with Crippen LogP contribution in [0.3, 0.4) is 0 Å². The van der Waals surface area contributed by atoms with Gasteiger partial charge in [-0.2, -0.15) is 0 Å². The van der Waals surface area contributed by atoms with Crippen LogP contribution in [0, 0.1) is 0 Å². The fraction of sp³-hybridized carbons (Fsp3) is 0.292. The number of nitrogens with one attached hydrogen (secondary N) is 2. The van der Waals surface area contributed by atoms with Crippen LogP contribution in [0.15, 0.2) is 54.6 Å². The summed E-state index contributed by atoms with van der Waals surface area (Å²) in [4.78, 5) is 14.7. The summed E-state index contributed by atoms with van der Waals surface area (Å²) in [5.41, 5.74) is 5.91. The van der Waals surface area contributed by atoms with E-state index >= 15 is 0 Å². The van der Waals surface area contributed by atoms with Gasteiger partial charge in [0.25, 0.3) is 0 Å². The number of carbonyl (C=O) groups excluding carboxylic acids is 1. The van der Waals surface area contributed by atoms with Crippen LogP contribution in [-0.2, 0) is 17.6 Å². The molecule has 0 atom stereocenters. The highest BCUT2D eigenvalue weighted by molar-refractivity contribution is 6.00. The number of rotatable bonds is 4. The van der Waals surface area contributed by atoms with Gasteiger partial charge in [0.1, 0.15) is 0 Å². The number of anilines is 3. The molecule has 1 aliphatic heterocycles. The number of morpholine rings is 1. The molecule has 2 N–H and O–H groups in total. The van der Waals surface area contributed by atoms with Crippen molar-refractivity contribution >= 4 is 23.2 Å². The first-order valence-corrected chi connectivity index (χ1v) is 10.7. The Morgan fingerprint density at radius 1 is 0.871 bits per heavy atom. The molecule has 3 aromatic rings. The number of carbonyl (C=O) groups is 1. The molecule has 1 aliphatic carbocycles. The van der Waals surface area contributed by atoms with E-state index in [-0.39, 0.29) is 6.03 Å². The Morgan fingerprint density at radius 2 is 1.68 bits per heavy atom. The normalized spacial score (nSPS) is 15.4. The lowest BCUT2D eigenvalue weighted by Gasteiger charge is -2.27. The van der Waals surface area contributed by atoms with Crippen LogP contribution in [0.1, 0.15) is 17.5 Å². The summed E-state index contributed by atoms with van der Waals surface area (Å²) >= 11 is 0. The van der Waals surface area contributed by atoms with Crippen molar-refractivity contribution in [2.45, 2.75) is 19.3 Å². The summed E-state index contributed by atoms with van der Waals surface area (Å²) in [7, 11) is 0. The van der Waals surface area contributed by atoms with Crippen LogP contribution in [0.25, 0.3) is 11.3 Å². The molecule has 0 spiro atoms. The number of amides is 2. The minimum atomic E-state index is -0.260. The molecule has 7 nitrogen and oxygen atoms in total. The highest BCUT2D eigenvalue weighted by atomic mass is 16.5. The van der Waals surface area contributed by atoms with Gasteiger partial charge in [-0.3, -0.25) is 0 Å². The second-order valence-electron chi connectivity index (χ2n) is 7.87. The second-order valence-corrected chi connectivity index (χ2v) is 7.87. The molecule has 5 rings (SSSR count). The molecule has 158 valence electrons. The molecule has 1 saturated heterocycles. The number of fused-ring (bicyclic) bond motifs is 1. The second kappa shape index (κ2) is 8.73. The first kappa shape index (κ1) is 19.5. The average Bonchev–Trinajstić information content (AvgIpc) is 3.28. The molecule has 0 unspecified atom stereocenters. The van der Waals surface area contributed by atoms with E-state index in [1.807, 2.05) is 42.5 Å². The maximum Gasteiger partial charge on any atom is 0.323 e. The third-order valence-corrected chi connectivity index (χ3v) is 5.76. The van der Waals surface area contributed by atoms with Crippen LogP contribution in [0.5, 0.6) is 0 Å². The van der Waals surface area contributed by atoms with Crippen molar-refractivity contribution in [2.75, 3.05) is 41.8 Å². The molecule has 31 heavy (non-hydrogen) atoms. The maximum absolute atomic E-state index is 12.5. The van der Waals surface area contributed by atoms with Gasteiger partial charge in [0.05, 0.1) is 18.9 Å². The number of ether oxygens (including phenoxy) is 1. The van der Waals surface area contributed by atoms with Crippen LogP contribution < -0.4 is 15.5 Å². The third-order valence-electron chi connectivity index (χ3n) is 5.76. The lowest BCUT2D eigenvalue weighted by Crippen LogP contribution is -2.36. The zero-order valence-corrected chi connectivity index (χ0v) is 17.3. The Labute approximate surface area is 181 Å². The molecule has 0 radical (unpaired) electrons. The summed E-state index contributed by atoms with van der Waals surface area (Å²) < 4.78 is 5.39. The fourth-order valence-corrected chi connectivity index (χ4v) is 4.14. The zero-order chi connectivity index (χ0) is 21.0. The monoisotopic (exact) mass is 415 g/mol. The van der Waals surface area contributed by atoms with Crippen molar-refractivity contribution < 1.29 is 9.53 Å². The summed E-state index contributed by atoms with van der Waals surface area (Å²) in [5.74, 6) is 0.857. The van der Waals surface area contributed by atoms with Crippen molar-refractivity contribution in [3.05, 3.63) is 65.7 Å². The van der Waals surface area contributed by atoms with E-state index in [0.717, 1.165) is 48.7 Å². The first-order chi connectivity index (χ1) is 15.2. The van der Waals surface area contributed by atoms with Gasteiger partial charge in [-0.1, -0.05) is 18.2 Å². The predicted octanol–water partition coefficient (Wildman–Crippen LogP) is 4.11. The molecule has 0 saturated carbocycles. The minimum Gasteiger partial charge on any atom is -0.378 e. The number of aromatic nitrogens is 2. The molecule has 7 heteroatoms. The summed E-state index contributed by atoms with van der Waals surface area (Å²) in [6.45, 7) is 3.08. The van der Waals surface area contributed by atoms with Gasteiger partial charge in [-0.15, -0.1) is 10.2 Å². The first-order valence-electron chi connectivity index (χ1n) is 10.7. The molecule has 2 heterocycles. The maximum atomic E-state index is 12.5. The molecule has 0 bridgehead atoms. The average molecular weight is 415 g/mol. The predicted molar refractivity (Wildman–Crippen MR) is 122 cm³/mol. The number of hydrogen-bond donors (Lipinski definition) is 2. The van der Waals surface area contributed by atoms with Gasteiger partial charge < -0.3 is 20.3 Å². The van der Waals surface area contributed by atoms with Gasteiger partial charge in [0.15, 0.2) is 5.82 Å². The molecule has 2 aromatic carbocycles. The smallest absolute Gasteiger partial charge is 0.323 e. The van der Waals surface area contributed by atoms with E-state index in [1.165, 1.54) is 17.5 Å². The van der Waals surface area contributed by atoms with Crippen LogP contribution in [0.4, 0.5) is 22.0 Å². The van der Waals surface area contributed by atoms with Gasteiger partial charge in [0.2, 0.25) is 0 Å². The van der Waals surface area contributed by atoms with Gasteiger partial charge in [-0.05, 0) is 66.8 Å². The molecule has 2 amide bonds. The third kappa shape index (κ3) is 4.51. The van der Waals surface area contributed by atoms with Crippen LogP contribution in [0.2, 0.25) is 0 Å². The SMILES string of the molecule is O=C(Nc1cccc(-c2ccc(N3CCOCC3)nn2)c1)Nc1ccc2c(c1)CCC2. The number of urea groups is 1. The molecule has 1 fully saturated rings. The highest BCUT2D eigenvalue weighted by Gasteiger charge is 2.14. The molecule has 1 aromatic heterocycles. The zero-order valence-electron chi connectivity index (χ0n) is 17.3. The standard InChI is InChI=1S/C24H25N5O2/c30-24(26-21-8-7-17-3-1-4-18(17)15-21)25-20-6-2-5-19(16-20)22-9-10-23(28-27-22)29-11-13-31-14-12-29/h2,5-10,15-16H,1,3-4,11-14H2,(H2,25,26,30). The quantitative estimate of drug-likeness (QED) is 0.670. The number of aryl methyl sites for hydroxylation is 2. The van der Waals surface area contributed by atoms with E-state index in [9.17, 15) is 4.79 Å². The van der Waals surface area contributed by atoms with E-state index in [4.69, 9.17) is 4.74 Å². The topological polar surface area (TPSA) is 79.4 Å². The van der Waals surface area contributed by atoms with Gasteiger partial charge in [-0.25, -0.2) is 4.79 Å². The number of hydrogen-bond acceptors (Lipinski definition) is 5. The summed E-state index contributed by atoms with van der Waals surface area (Å²) in [6, 6.07) is 17.5. The Hall–Kier alpha value is -3.45. The van der Waals surface area contributed by atoms with E-state index < -0.39 is 0 Å². The van der Waals surface area contributed by atoms with Crippen molar-refractivity contribution in [2.24, 2.45) is 0 Å². The lowest BCUT2D eigenvalue weighted by atomic mass is 10.1. The number of nitrogens with zero attached hydrogens (tertiary/aromatic N) is 3. The Kier molecular flexibility index (Phi) is 5.50. The van der Waals surface area contributed by atoms with Crippen molar-refractivity contribution in [1.82, 2.24) is 10.2 Å². The van der Waals surface area contributed by atoms with Crippen LogP contribution >= 0.6 is 0 Å². The lowest BCUT2D eigenvalue weighted by molar-refractivity contribution is 0.122. The summed E-state index contributed by atoms with van der Waals surface area (Å²) in [5, 5.41) is 14.6. The largest absolute Gasteiger partial charge is 0.378 e. The Balaban J connectivity index is 1.25. The highest BCUT2D eigenvalue weighted by Crippen LogP contribution is 2.25. The summed E-state index contributed by atoms with van der Waals surface area (Å²) in [6.07, 6.45) is 3.40. The Bertz CT molecular complexity index is 1080. The van der Waals surface area contributed by atoms with Crippen molar-refractivity contribution in [1.29, 1.82) is 0 Å². The van der Waals surface area contributed by atoms with E-state index in [2.05, 4.69) is 37.9 Å². The van der Waals surface area contributed by atoms with Crippen LogP contribution in [-0.4, -0.2) is 42.5 Å². The Morgan fingerprint density at radius 3 is 2.48 bits per heavy atom. The molecular formula is C24H25N5O2. The fourth-order valence-electron chi connectivity index (χ4n) is 4.14. The van der Waals surface area contributed by atoms with Crippen molar-refractivity contribution in [3.8, 4) is 11.3 Å². The van der Waals surface area contributed by atoms with Crippen molar-refractivity contribution in [3.63, 3.8) is 0 Å². The van der Waals surface area contributed by atoms with Gasteiger partial charge >= 0.3 is 6.03 Å².